The fourth-order valence-electron chi connectivity index (χ4n) is 3.00. The Labute approximate surface area is 122 Å². The van der Waals surface area contributed by atoms with E-state index in [1.165, 1.54) is 6.42 Å². The minimum Gasteiger partial charge on any atom is -0.330 e. The fourth-order valence-corrected chi connectivity index (χ4v) is 3.72. The summed E-state index contributed by atoms with van der Waals surface area (Å²) >= 11 is 1.59. The van der Waals surface area contributed by atoms with Crippen LogP contribution in [-0.2, 0) is 4.79 Å². The van der Waals surface area contributed by atoms with Crippen LogP contribution in [0, 0.1) is 11.8 Å². The normalized spacial score (nSPS) is 22.9. The predicted molar refractivity (Wildman–Crippen MR) is 82.8 cm³/mol. The monoisotopic (exact) mass is 289 g/mol. The van der Waals surface area contributed by atoms with Crippen molar-refractivity contribution in [2.24, 2.45) is 17.6 Å². The summed E-state index contributed by atoms with van der Waals surface area (Å²) in [5.74, 6) is 0.505. The lowest BCUT2D eigenvalue weighted by atomic mass is 9.78. The fraction of sp³-hybridized carbons (Fsp3) is 0.467. The molecular weight excluding hydrogens is 270 g/mol. The third-order valence-corrected chi connectivity index (χ3v) is 4.94. The van der Waals surface area contributed by atoms with Crippen LogP contribution in [0.25, 0.3) is 10.2 Å². The van der Waals surface area contributed by atoms with Gasteiger partial charge in [0.1, 0.15) is 0 Å². The number of hydrogen-bond acceptors (Lipinski definition) is 4. The molecule has 5 heteroatoms. The van der Waals surface area contributed by atoms with Crippen molar-refractivity contribution in [2.75, 3.05) is 11.9 Å². The quantitative estimate of drug-likeness (QED) is 0.912. The van der Waals surface area contributed by atoms with E-state index in [1.54, 1.807) is 11.3 Å². The zero-order chi connectivity index (χ0) is 13.9. The Morgan fingerprint density at radius 1 is 1.40 bits per heavy atom. The van der Waals surface area contributed by atoms with Crippen molar-refractivity contribution in [3.8, 4) is 0 Å². The Bertz CT molecular complexity index is 610. The standard InChI is InChI=1S/C15H19N3OS/c16-8-10-3-1-2-4-12(10)15(19)18-11-5-6-13-14(7-11)20-9-17-13/h5-7,9-10,12H,1-4,8,16H2,(H,18,19). The summed E-state index contributed by atoms with van der Waals surface area (Å²) in [4.78, 5) is 16.7. The molecule has 1 saturated carbocycles. The Morgan fingerprint density at radius 3 is 3.10 bits per heavy atom. The molecule has 1 aromatic heterocycles. The van der Waals surface area contributed by atoms with Crippen molar-refractivity contribution >= 4 is 33.1 Å². The maximum absolute atomic E-state index is 12.4. The lowest BCUT2D eigenvalue weighted by Gasteiger charge is -2.29. The third-order valence-electron chi connectivity index (χ3n) is 4.15. The highest BCUT2D eigenvalue weighted by Gasteiger charge is 2.29. The molecule has 2 unspecified atom stereocenters. The van der Waals surface area contributed by atoms with Gasteiger partial charge in [0.25, 0.3) is 0 Å². The Morgan fingerprint density at radius 2 is 2.25 bits per heavy atom. The first-order valence-corrected chi connectivity index (χ1v) is 8.00. The SMILES string of the molecule is NCC1CCCCC1C(=O)Nc1ccc2ncsc2c1. The van der Waals surface area contributed by atoms with Crippen LogP contribution in [0.3, 0.4) is 0 Å². The van der Waals surface area contributed by atoms with Gasteiger partial charge in [0.05, 0.1) is 15.7 Å². The van der Waals surface area contributed by atoms with Crippen molar-refractivity contribution in [1.29, 1.82) is 0 Å². The second-order valence-corrected chi connectivity index (χ2v) is 6.30. The summed E-state index contributed by atoms with van der Waals surface area (Å²) in [7, 11) is 0. The number of anilines is 1. The predicted octanol–water partition coefficient (Wildman–Crippen LogP) is 3.00. The van der Waals surface area contributed by atoms with Crippen LogP contribution in [0.2, 0.25) is 0 Å². The van der Waals surface area contributed by atoms with E-state index in [9.17, 15) is 4.79 Å². The van der Waals surface area contributed by atoms with Crippen molar-refractivity contribution < 1.29 is 4.79 Å². The molecule has 4 nitrogen and oxygen atoms in total. The number of carbonyl (C=O) groups excluding carboxylic acids is 1. The number of nitrogens with one attached hydrogen (secondary N) is 1. The van der Waals surface area contributed by atoms with Gasteiger partial charge in [-0.15, -0.1) is 11.3 Å². The second-order valence-electron chi connectivity index (χ2n) is 5.41. The summed E-state index contributed by atoms with van der Waals surface area (Å²) in [6.07, 6.45) is 4.35. The summed E-state index contributed by atoms with van der Waals surface area (Å²) in [6, 6.07) is 5.86. The molecule has 0 aliphatic heterocycles. The molecule has 1 amide bonds. The Balaban J connectivity index is 1.73. The van der Waals surface area contributed by atoms with Gasteiger partial charge < -0.3 is 11.1 Å². The smallest absolute Gasteiger partial charge is 0.227 e. The van der Waals surface area contributed by atoms with Gasteiger partial charge in [-0.25, -0.2) is 4.98 Å². The van der Waals surface area contributed by atoms with Crippen molar-refractivity contribution in [3.05, 3.63) is 23.7 Å². The summed E-state index contributed by atoms with van der Waals surface area (Å²) in [5.41, 5.74) is 9.45. The van der Waals surface area contributed by atoms with Gasteiger partial charge in [0.2, 0.25) is 5.91 Å². The van der Waals surface area contributed by atoms with E-state index in [-0.39, 0.29) is 11.8 Å². The first-order chi connectivity index (χ1) is 9.78. The molecule has 1 aromatic carbocycles. The molecule has 1 fully saturated rings. The van der Waals surface area contributed by atoms with E-state index in [1.807, 2.05) is 23.7 Å². The third kappa shape index (κ3) is 2.69. The van der Waals surface area contributed by atoms with E-state index in [4.69, 9.17) is 5.73 Å². The molecule has 1 aliphatic rings. The van der Waals surface area contributed by atoms with Crippen molar-refractivity contribution in [1.82, 2.24) is 4.98 Å². The molecule has 3 N–H and O–H groups in total. The number of hydrogen-bond donors (Lipinski definition) is 2. The number of fused-ring (bicyclic) bond motifs is 1. The van der Waals surface area contributed by atoms with Crippen LogP contribution in [0.1, 0.15) is 25.7 Å². The average Bonchev–Trinajstić information content (AvgIpc) is 2.94. The number of rotatable bonds is 3. The van der Waals surface area contributed by atoms with E-state index in [0.717, 1.165) is 35.2 Å². The molecule has 0 radical (unpaired) electrons. The van der Waals surface area contributed by atoms with Crippen LogP contribution in [-0.4, -0.2) is 17.4 Å². The number of carbonyl (C=O) groups is 1. The van der Waals surface area contributed by atoms with Crippen LogP contribution < -0.4 is 11.1 Å². The number of benzene rings is 1. The second kappa shape index (κ2) is 5.89. The topological polar surface area (TPSA) is 68.0 Å². The highest BCUT2D eigenvalue weighted by atomic mass is 32.1. The van der Waals surface area contributed by atoms with Gasteiger partial charge in [-0.05, 0) is 43.5 Å². The molecule has 3 rings (SSSR count). The van der Waals surface area contributed by atoms with Gasteiger partial charge in [-0.3, -0.25) is 4.79 Å². The van der Waals surface area contributed by atoms with Gasteiger partial charge in [-0.1, -0.05) is 12.8 Å². The average molecular weight is 289 g/mol. The number of aromatic nitrogens is 1. The molecule has 0 bridgehead atoms. The summed E-state index contributed by atoms with van der Waals surface area (Å²) < 4.78 is 1.10. The number of amides is 1. The Kier molecular flexibility index (Phi) is 3.98. The van der Waals surface area contributed by atoms with Crippen LogP contribution in [0.4, 0.5) is 5.69 Å². The van der Waals surface area contributed by atoms with Gasteiger partial charge in [0.15, 0.2) is 0 Å². The maximum atomic E-state index is 12.4. The minimum atomic E-state index is 0.0610. The molecule has 1 aliphatic carbocycles. The lowest BCUT2D eigenvalue weighted by Crippen LogP contribution is -2.35. The lowest BCUT2D eigenvalue weighted by molar-refractivity contribution is -0.122. The number of nitrogens with two attached hydrogens (primary N) is 1. The van der Waals surface area contributed by atoms with Gasteiger partial charge in [-0.2, -0.15) is 0 Å². The zero-order valence-corrected chi connectivity index (χ0v) is 12.2. The van der Waals surface area contributed by atoms with Crippen LogP contribution in [0.15, 0.2) is 23.7 Å². The van der Waals surface area contributed by atoms with Gasteiger partial charge >= 0.3 is 0 Å². The first kappa shape index (κ1) is 13.5. The molecule has 2 aromatic rings. The van der Waals surface area contributed by atoms with E-state index < -0.39 is 0 Å². The highest BCUT2D eigenvalue weighted by molar-refractivity contribution is 7.16. The minimum absolute atomic E-state index is 0.0610. The zero-order valence-electron chi connectivity index (χ0n) is 11.3. The number of thiazole rings is 1. The maximum Gasteiger partial charge on any atom is 0.227 e. The molecule has 2 atom stereocenters. The molecule has 1 heterocycles. The van der Waals surface area contributed by atoms with Crippen molar-refractivity contribution in [3.63, 3.8) is 0 Å². The van der Waals surface area contributed by atoms with E-state index in [0.29, 0.717) is 12.5 Å². The largest absolute Gasteiger partial charge is 0.330 e. The van der Waals surface area contributed by atoms with Crippen LogP contribution in [0.5, 0.6) is 0 Å². The van der Waals surface area contributed by atoms with Gasteiger partial charge in [0, 0.05) is 11.6 Å². The first-order valence-electron chi connectivity index (χ1n) is 7.12. The van der Waals surface area contributed by atoms with E-state index in [2.05, 4.69) is 10.3 Å². The molecule has 0 saturated heterocycles. The highest BCUT2D eigenvalue weighted by Crippen LogP contribution is 2.30. The molecule has 106 valence electrons. The summed E-state index contributed by atoms with van der Waals surface area (Å²) in [5, 5.41) is 3.04. The van der Waals surface area contributed by atoms with Crippen molar-refractivity contribution in [2.45, 2.75) is 25.7 Å². The van der Waals surface area contributed by atoms with Crippen LogP contribution >= 0.6 is 11.3 Å². The molecule has 0 spiro atoms. The molecule has 20 heavy (non-hydrogen) atoms. The number of nitrogens with zero attached hydrogens (tertiary/aromatic N) is 1. The summed E-state index contributed by atoms with van der Waals surface area (Å²) in [6.45, 7) is 0.603. The van der Waals surface area contributed by atoms with E-state index >= 15 is 0 Å². The molecular formula is C15H19N3OS. The Hall–Kier alpha value is -1.46.